The molecular formula is C16H14Cl2F2N2O. The van der Waals surface area contributed by atoms with Crippen LogP contribution in [-0.4, -0.2) is 13.4 Å². The van der Waals surface area contributed by atoms with E-state index >= 15 is 0 Å². The van der Waals surface area contributed by atoms with Crippen molar-refractivity contribution >= 4 is 35.2 Å². The predicted molar refractivity (Wildman–Crippen MR) is 89.9 cm³/mol. The Balaban J connectivity index is 2.42. The number of halogens is 4. The summed E-state index contributed by atoms with van der Waals surface area (Å²) >= 11 is 11.7. The van der Waals surface area contributed by atoms with Gasteiger partial charge in [-0.3, -0.25) is 0 Å². The van der Waals surface area contributed by atoms with Gasteiger partial charge in [-0.15, -0.1) is 0 Å². The maximum atomic E-state index is 13.3. The van der Waals surface area contributed by atoms with Crippen LogP contribution in [0.2, 0.25) is 10.0 Å². The van der Waals surface area contributed by atoms with E-state index < -0.39 is 6.43 Å². The van der Waals surface area contributed by atoms with Crippen LogP contribution < -0.4 is 10.1 Å². The Morgan fingerprint density at radius 3 is 2.52 bits per heavy atom. The Morgan fingerprint density at radius 2 is 1.91 bits per heavy atom. The molecule has 1 N–H and O–H groups in total. The van der Waals surface area contributed by atoms with E-state index in [-0.39, 0.29) is 16.3 Å². The van der Waals surface area contributed by atoms with Gasteiger partial charge in [0.15, 0.2) is 0 Å². The van der Waals surface area contributed by atoms with Gasteiger partial charge in [0.05, 0.1) is 27.6 Å². The normalized spacial score (nSPS) is 11.3. The van der Waals surface area contributed by atoms with E-state index in [9.17, 15) is 8.78 Å². The van der Waals surface area contributed by atoms with Gasteiger partial charge in [0, 0.05) is 13.1 Å². The Morgan fingerprint density at radius 1 is 1.17 bits per heavy atom. The van der Waals surface area contributed by atoms with Gasteiger partial charge in [-0.2, -0.15) is 0 Å². The zero-order valence-corrected chi connectivity index (χ0v) is 13.9. The van der Waals surface area contributed by atoms with Crippen molar-refractivity contribution in [2.24, 2.45) is 4.99 Å². The Kier molecular flexibility index (Phi) is 5.80. The second-order valence-electron chi connectivity index (χ2n) is 4.70. The molecule has 0 amide bonds. The van der Waals surface area contributed by atoms with Gasteiger partial charge >= 0.3 is 0 Å². The van der Waals surface area contributed by atoms with Crippen molar-refractivity contribution in [2.45, 2.75) is 13.3 Å². The lowest BCUT2D eigenvalue weighted by Gasteiger charge is -2.14. The first-order valence-electron chi connectivity index (χ1n) is 6.67. The Hall–Kier alpha value is -1.85. The largest absolute Gasteiger partial charge is 0.457 e. The van der Waals surface area contributed by atoms with Gasteiger partial charge in [-0.05, 0) is 36.8 Å². The fourth-order valence-corrected chi connectivity index (χ4v) is 2.17. The summed E-state index contributed by atoms with van der Waals surface area (Å²) < 4.78 is 32.2. The van der Waals surface area contributed by atoms with Gasteiger partial charge in [-0.1, -0.05) is 23.2 Å². The summed E-state index contributed by atoms with van der Waals surface area (Å²) in [5.41, 5.74) is 0.900. The number of nitrogens with one attached hydrogen (secondary N) is 1. The molecule has 2 aromatic carbocycles. The molecule has 0 aliphatic heterocycles. The third kappa shape index (κ3) is 4.33. The van der Waals surface area contributed by atoms with Crippen molar-refractivity contribution in [3.05, 3.63) is 51.5 Å². The summed E-state index contributed by atoms with van der Waals surface area (Å²) in [6, 6.07) is 7.40. The lowest BCUT2D eigenvalue weighted by atomic mass is 10.1. The van der Waals surface area contributed by atoms with Crippen molar-refractivity contribution in [1.82, 2.24) is 5.32 Å². The van der Waals surface area contributed by atoms with Gasteiger partial charge in [0.2, 0.25) is 0 Å². The zero-order valence-electron chi connectivity index (χ0n) is 12.4. The van der Waals surface area contributed by atoms with Crippen molar-refractivity contribution in [2.75, 3.05) is 7.05 Å². The lowest BCUT2D eigenvalue weighted by Crippen LogP contribution is -2.00. The standard InChI is InChI=1S/C16H14Cl2F2N2O/c1-9-5-15(23-10-3-4-12(17)13(18)6-10)11(16(19)20)7-14(9)22-8-21-2/h3-8,16H,1-2H3,(H,21,22). The minimum Gasteiger partial charge on any atom is -0.457 e. The van der Waals surface area contributed by atoms with Crippen LogP contribution in [0.1, 0.15) is 17.6 Å². The molecule has 0 fully saturated rings. The number of aryl methyl sites for hydroxylation is 1. The topological polar surface area (TPSA) is 33.6 Å². The third-order valence-electron chi connectivity index (χ3n) is 3.02. The van der Waals surface area contributed by atoms with Crippen LogP contribution in [0.5, 0.6) is 11.5 Å². The van der Waals surface area contributed by atoms with Crippen LogP contribution >= 0.6 is 23.2 Å². The van der Waals surface area contributed by atoms with E-state index in [1.807, 2.05) is 0 Å². The highest BCUT2D eigenvalue weighted by molar-refractivity contribution is 6.42. The fraction of sp³-hybridized carbons (Fsp3) is 0.188. The first kappa shape index (κ1) is 17.5. The van der Waals surface area contributed by atoms with Crippen molar-refractivity contribution in [1.29, 1.82) is 0 Å². The van der Waals surface area contributed by atoms with Crippen LogP contribution in [-0.2, 0) is 0 Å². The molecule has 0 unspecified atom stereocenters. The molecule has 0 aromatic heterocycles. The average molecular weight is 359 g/mol. The molecule has 122 valence electrons. The minimum atomic E-state index is -2.70. The number of aliphatic imine (C=N–C) groups is 1. The second kappa shape index (κ2) is 7.62. The van der Waals surface area contributed by atoms with Crippen LogP contribution in [0.15, 0.2) is 35.3 Å². The second-order valence-corrected chi connectivity index (χ2v) is 5.52. The van der Waals surface area contributed by atoms with E-state index in [2.05, 4.69) is 10.3 Å². The number of hydrogen-bond donors (Lipinski definition) is 1. The van der Waals surface area contributed by atoms with E-state index in [1.54, 1.807) is 26.1 Å². The van der Waals surface area contributed by atoms with E-state index in [0.29, 0.717) is 22.0 Å². The van der Waals surface area contributed by atoms with Crippen molar-refractivity contribution in [3.63, 3.8) is 0 Å². The van der Waals surface area contributed by atoms with Gasteiger partial charge in [0.1, 0.15) is 11.5 Å². The summed E-state index contributed by atoms with van der Waals surface area (Å²) in [4.78, 5) is 4.08. The van der Waals surface area contributed by atoms with Gasteiger partial charge in [-0.25, -0.2) is 13.8 Å². The number of hydrogen-bond acceptors (Lipinski definition) is 2. The van der Waals surface area contributed by atoms with Gasteiger partial charge in [0.25, 0.3) is 6.43 Å². The number of benzene rings is 2. The zero-order chi connectivity index (χ0) is 17.0. The Labute approximate surface area is 142 Å². The molecular weight excluding hydrogens is 345 g/mol. The van der Waals surface area contributed by atoms with E-state index in [4.69, 9.17) is 27.9 Å². The smallest absolute Gasteiger partial charge is 0.267 e. The van der Waals surface area contributed by atoms with Gasteiger partial charge < -0.3 is 10.1 Å². The van der Waals surface area contributed by atoms with E-state index in [1.165, 1.54) is 24.5 Å². The monoisotopic (exact) mass is 358 g/mol. The summed E-state index contributed by atoms with van der Waals surface area (Å²) in [6.45, 7) is 1.76. The minimum absolute atomic E-state index is 0.0549. The molecule has 23 heavy (non-hydrogen) atoms. The first-order valence-corrected chi connectivity index (χ1v) is 7.43. The predicted octanol–water partition coefficient (Wildman–Crippen LogP) is 5.91. The quantitative estimate of drug-likeness (QED) is 0.532. The highest BCUT2D eigenvalue weighted by atomic mass is 35.5. The summed E-state index contributed by atoms with van der Waals surface area (Å²) in [7, 11) is 1.68. The van der Waals surface area contributed by atoms with Crippen LogP contribution in [0, 0.1) is 6.92 Å². The highest BCUT2D eigenvalue weighted by Crippen LogP contribution is 2.38. The van der Waals surface area contributed by atoms with Crippen LogP contribution in [0.25, 0.3) is 0 Å². The maximum absolute atomic E-state index is 13.3. The number of ether oxygens (including phenoxy) is 1. The van der Waals surface area contributed by atoms with Crippen LogP contribution in [0.3, 0.4) is 0 Å². The molecule has 0 atom stereocenters. The number of nitrogens with zero attached hydrogens (tertiary/aromatic N) is 1. The third-order valence-corrected chi connectivity index (χ3v) is 3.75. The number of alkyl halides is 2. The average Bonchev–Trinajstić information content (AvgIpc) is 2.50. The molecule has 0 radical (unpaired) electrons. The summed E-state index contributed by atoms with van der Waals surface area (Å²) in [5.74, 6) is 0.381. The summed E-state index contributed by atoms with van der Waals surface area (Å²) in [6.07, 6.45) is -1.27. The fourth-order valence-electron chi connectivity index (χ4n) is 1.89. The molecule has 7 heteroatoms. The Bertz CT molecular complexity index is 736. The molecule has 0 aliphatic rings. The van der Waals surface area contributed by atoms with E-state index in [0.717, 1.165) is 0 Å². The first-order chi connectivity index (χ1) is 10.9. The van der Waals surface area contributed by atoms with Crippen molar-refractivity contribution < 1.29 is 13.5 Å². The maximum Gasteiger partial charge on any atom is 0.267 e. The summed E-state index contributed by atoms with van der Waals surface area (Å²) in [5, 5.41) is 3.37. The molecule has 2 rings (SSSR count). The molecule has 0 bridgehead atoms. The molecule has 0 heterocycles. The molecule has 0 aliphatic carbocycles. The van der Waals surface area contributed by atoms with Crippen LogP contribution in [0.4, 0.5) is 14.5 Å². The number of rotatable bonds is 5. The highest BCUT2D eigenvalue weighted by Gasteiger charge is 2.17. The molecule has 0 saturated heterocycles. The lowest BCUT2D eigenvalue weighted by molar-refractivity contribution is 0.148. The van der Waals surface area contributed by atoms with Crippen molar-refractivity contribution in [3.8, 4) is 11.5 Å². The molecule has 0 spiro atoms. The molecule has 0 saturated carbocycles. The molecule has 3 nitrogen and oxygen atoms in total. The molecule has 2 aromatic rings. The SMILES string of the molecule is CNC=Nc1cc(C(F)F)c(Oc2ccc(Cl)c(Cl)c2)cc1C.